The van der Waals surface area contributed by atoms with Gasteiger partial charge in [0.25, 0.3) is 5.56 Å². The predicted molar refractivity (Wildman–Crippen MR) is 56.0 cm³/mol. The van der Waals surface area contributed by atoms with Crippen LogP contribution in [0.25, 0.3) is 0 Å². The summed E-state index contributed by atoms with van der Waals surface area (Å²) in [4.78, 5) is 34.2. The van der Waals surface area contributed by atoms with E-state index in [2.05, 4.69) is 0 Å². The van der Waals surface area contributed by atoms with Gasteiger partial charge in [0, 0.05) is 19.3 Å². The first-order valence-corrected chi connectivity index (χ1v) is 4.62. The van der Waals surface area contributed by atoms with Gasteiger partial charge in [-0.15, -0.1) is 0 Å². The maximum absolute atomic E-state index is 11.5. The van der Waals surface area contributed by atoms with Crippen LogP contribution in [0.1, 0.15) is 0 Å². The summed E-state index contributed by atoms with van der Waals surface area (Å²) in [6, 6.07) is 4.54. The van der Waals surface area contributed by atoms with Gasteiger partial charge in [-0.2, -0.15) is 0 Å². The molecule has 0 unspecified atom stereocenters. The van der Waals surface area contributed by atoms with E-state index < -0.39 is 11.9 Å². The van der Waals surface area contributed by atoms with Crippen LogP contribution in [-0.2, 0) is 16.1 Å². The van der Waals surface area contributed by atoms with E-state index in [4.69, 9.17) is 5.11 Å². The van der Waals surface area contributed by atoms with E-state index in [0.717, 1.165) is 4.90 Å². The number of carbonyl (C=O) groups is 2. The molecule has 0 spiro atoms. The Morgan fingerprint density at radius 1 is 1.44 bits per heavy atom. The molecule has 0 saturated heterocycles. The van der Waals surface area contributed by atoms with Crippen LogP contribution >= 0.6 is 0 Å². The summed E-state index contributed by atoms with van der Waals surface area (Å²) in [7, 11) is 1.38. The molecule has 1 aromatic rings. The quantitative estimate of drug-likeness (QED) is 0.740. The Bertz CT molecular complexity index is 452. The number of carboxylic acids is 1. The highest BCUT2D eigenvalue weighted by molar-refractivity contribution is 5.80. The second kappa shape index (κ2) is 5.11. The number of amides is 1. The van der Waals surface area contributed by atoms with Crippen LogP contribution in [0.4, 0.5) is 0 Å². The fourth-order valence-corrected chi connectivity index (χ4v) is 1.15. The molecule has 0 radical (unpaired) electrons. The van der Waals surface area contributed by atoms with Crippen LogP contribution in [0.3, 0.4) is 0 Å². The number of hydrogen-bond donors (Lipinski definition) is 1. The van der Waals surface area contributed by atoms with Crippen molar-refractivity contribution >= 4 is 11.9 Å². The molecule has 1 aromatic heterocycles. The van der Waals surface area contributed by atoms with Crippen molar-refractivity contribution in [2.24, 2.45) is 0 Å². The molecular formula is C10H12N2O4. The zero-order chi connectivity index (χ0) is 12.1. The minimum Gasteiger partial charge on any atom is -0.480 e. The van der Waals surface area contributed by atoms with Crippen LogP contribution in [0, 0.1) is 0 Å². The second-order valence-electron chi connectivity index (χ2n) is 3.31. The van der Waals surface area contributed by atoms with Crippen molar-refractivity contribution in [3.05, 3.63) is 34.7 Å². The molecule has 6 heteroatoms. The molecule has 0 aliphatic carbocycles. The molecule has 1 amide bonds. The average molecular weight is 224 g/mol. The number of carboxylic acid groups (broad SMARTS) is 1. The lowest BCUT2D eigenvalue weighted by Gasteiger charge is -2.14. The van der Waals surface area contributed by atoms with Crippen molar-refractivity contribution in [3.8, 4) is 0 Å². The molecule has 0 fully saturated rings. The first-order chi connectivity index (χ1) is 7.50. The number of aliphatic carboxylic acids is 1. The zero-order valence-electron chi connectivity index (χ0n) is 8.79. The van der Waals surface area contributed by atoms with E-state index in [0.29, 0.717) is 0 Å². The van der Waals surface area contributed by atoms with E-state index in [1.54, 1.807) is 12.1 Å². The SMILES string of the molecule is CN(CC(=O)O)C(=O)Cn1ccccc1=O. The molecule has 6 nitrogen and oxygen atoms in total. The van der Waals surface area contributed by atoms with Gasteiger partial charge in [0.2, 0.25) is 5.91 Å². The highest BCUT2D eigenvalue weighted by atomic mass is 16.4. The third kappa shape index (κ3) is 3.23. The number of rotatable bonds is 4. The second-order valence-corrected chi connectivity index (χ2v) is 3.31. The van der Waals surface area contributed by atoms with Gasteiger partial charge in [-0.25, -0.2) is 0 Å². The van der Waals surface area contributed by atoms with E-state index in [9.17, 15) is 14.4 Å². The molecule has 0 atom stereocenters. The number of hydrogen-bond acceptors (Lipinski definition) is 3. The Balaban J connectivity index is 2.68. The molecule has 0 bridgehead atoms. The third-order valence-electron chi connectivity index (χ3n) is 2.00. The summed E-state index contributed by atoms with van der Waals surface area (Å²) in [6.07, 6.45) is 1.48. The summed E-state index contributed by atoms with van der Waals surface area (Å²) in [6.45, 7) is -0.524. The summed E-state index contributed by atoms with van der Waals surface area (Å²) < 4.78 is 1.22. The first-order valence-electron chi connectivity index (χ1n) is 4.62. The van der Waals surface area contributed by atoms with Gasteiger partial charge < -0.3 is 14.6 Å². The Labute approximate surface area is 91.7 Å². The van der Waals surface area contributed by atoms with Gasteiger partial charge in [0.15, 0.2) is 0 Å². The van der Waals surface area contributed by atoms with E-state index in [1.807, 2.05) is 0 Å². The highest BCUT2D eigenvalue weighted by Gasteiger charge is 2.12. The lowest BCUT2D eigenvalue weighted by atomic mass is 10.4. The van der Waals surface area contributed by atoms with E-state index in [1.165, 1.54) is 23.9 Å². The third-order valence-corrected chi connectivity index (χ3v) is 2.00. The summed E-state index contributed by atoms with van der Waals surface area (Å²) in [5.41, 5.74) is -0.292. The van der Waals surface area contributed by atoms with Crippen molar-refractivity contribution < 1.29 is 14.7 Å². The molecule has 0 aliphatic heterocycles. The maximum atomic E-state index is 11.5. The van der Waals surface area contributed by atoms with Gasteiger partial charge in [-0.05, 0) is 6.07 Å². The van der Waals surface area contributed by atoms with Crippen LogP contribution < -0.4 is 5.56 Å². The van der Waals surface area contributed by atoms with E-state index >= 15 is 0 Å². The molecule has 86 valence electrons. The molecule has 1 heterocycles. The number of likely N-dealkylation sites (N-methyl/N-ethyl adjacent to an activating group) is 1. The maximum Gasteiger partial charge on any atom is 0.323 e. The fraction of sp³-hybridized carbons (Fsp3) is 0.300. The Hall–Kier alpha value is -2.11. The standard InChI is InChI=1S/C10H12N2O4/c1-11(7-10(15)16)9(14)6-12-5-3-2-4-8(12)13/h2-5H,6-7H2,1H3,(H,15,16). The van der Waals surface area contributed by atoms with Crippen molar-refractivity contribution in [2.75, 3.05) is 13.6 Å². The van der Waals surface area contributed by atoms with Crippen LogP contribution in [0.2, 0.25) is 0 Å². The largest absolute Gasteiger partial charge is 0.480 e. The summed E-state index contributed by atoms with van der Waals surface area (Å²) in [5.74, 6) is -1.51. The zero-order valence-corrected chi connectivity index (χ0v) is 8.79. The van der Waals surface area contributed by atoms with E-state index in [-0.39, 0.29) is 18.6 Å². The molecule has 0 aliphatic rings. The van der Waals surface area contributed by atoms with Crippen LogP contribution in [-0.4, -0.2) is 40.0 Å². The van der Waals surface area contributed by atoms with Crippen LogP contribution in [0.15, 0.2) is 29.2 Å². The number of aromatic nitrogens is 1. The Kier molecular flexibility index (Phi) is 3.82. The molecule has 1 rings (SSSR count). The molecule has 16 heavy (non-hydrogen) atoms. The number of nitrogens with zero attached hydrogens (tertiary/aromatic N) is 2. The molecule has 0 aromatic carbocycles. The van der Waals surface area contributed by atoms with Crippen LogP contribution in [0.5, 0.6) is 0 Å². The monoisotopic (exact) mass is 224 g/mol. The number of carbonyl (C=O) groups excluding carboxylic acids is 1. The van der Waals surface area contributed by atoms with Gasteiger partial charge in [0.05, 0.1) is 0 Å². The number of pyridine rings is 1. The predicted octanol–water partition coefficient (Wildman–Crippen LogP) is -0.609. The van der Waals surface area contributed by atoms with Crippen molar-refractivity contribution in [2.45, 2.75) is 6.54 Å². The Morgan fingerprint density at radius 3 is 2.69 bits per heavy atom. The average Bonchev–Trinajstić information content (AvgIpc) is 2.20. The summed E-state index contributed by atoms with van der Waals surface area (Å²) in [5, 5.41) is 8.49. The Morgan fingerprint density at radius 2 is 2.12 bits per heavy atom. The normalized spacial score (nSPS) is 9.81. The van der Waals surface area contributed by atoms with Crippen molar-refractivity contribution in [1.29, 1.82) is 0 Å². The first kappa shape index (κ1) is 12.0. The minimum atomic E-state index is -1.09. The molecular weight excluding hydrogens is 212 g/mol. The lowest BCUT2D eigenvalue weighted by molar-refractivity contribution is -0.143. The van der Waals surface area contributed by atoms with Gasteiger partial charge in [-0.1, -0.05) is 6.07 Å². The fourth-order valence-electron chi connectivity index (χ4n) is 1.15. The van der Waals surface area contributed by atoms with Crippen molar-refractivity contribution in [3.63, 3.8) is 0 Å². The minimum absolute atomic E-state index is 0.149. The smallest absolute Gasteiger partial charge is 0.323 e. The highest BCUT2D eigenvalue weighted by Crippen LogP contribution is 1.89. The summed E-state index contributed by atoms with van der Waals surface area (Å²) >= 11 is 0. The molecule has 0 saturated carbocycles. The molecule has 1 N–H and O–H groups in total. The topological polar surface area (TPSA) is 79.6 Å². The van der Waals surface area contributed by atoms with Gasteiger partial charge >= 0.3 is 5.97 Å². The van der Waals surface area contributed by atoms with Gasteiger partial charge in [-0.3, -0.25) is 14.4 Å². The van der Waals surface area contributed by atoms with Crippen molar-refractivity contribution in [1.82, 2.24) is 9.47 Å². The van der Waals surface area contributed by atoms with Gasteiger partial charge in [0.1, 0.15) is 13.1 Å². The lowest BCUT2D eigenvalue weighted by Crippen LogP contribution is -2.36.